The summed E-state index contributed by atoms with van der Waals surface area (Å²) in [5, 5.41) is 14.4. The van der Waals surface area contributed by atoms with Crippen LogP contribution in [-0.4, -0.2) is 74.9 Å². The summed E-state index contributed by atoms with van der Waals surface area (Å²) in [5.74, 6) is -0.101. The number of alkyl halides is 3. The monoisotopic (exact) mass is 801 g/mol. The average molecular weight is 802 g/mol. The number of benzene rings is 2. The SMILES string of the molecule is COc1cc2nn(C3CCC(CNCC4CCN(c5cccc6c5n(C)c(=O)n6[C@H]5CCC(=O)NC5=O)CC4)CC3)cc2cc1NC(=O)c1cccc(C(F)(F)F)n1. The van der Waals surface area contributed by atoms with Crippen LogP contribution in [0.5, 0.6) is 5.75 Å². The summed E-state index contributed by atoms with van der Waals surface area (Å²) in [5.41, 5.74) is 1.72. The molecule has 3 aromatic heterocycles. The number of halogens is 3. The lowest BCUT2D eigenvalue weighted by Gasteiger charge is -2.35. The normalized spacial score (nSPS) is 20.8. The number of para-hydroxylation sites is 1. The van der Waals surface area contributed by atoms with Crippen molar-refractivity contribution in [3.63, 3.8) is 0 Å². The maximum atomic E-state index is 13.4. The lowest BCUT2D eigenvalue weighted by Crippen LogP contribution is -2.44. The van der Waals surface area contributed by atoms with Gasteiger partial charge in [-0.1, -0.05) is 12.1 Å². The number of imidazole rings is 1. The molecule has 0 spiro atoms. The van der Waals surface area contributed by atoms with Gasteiger partial charge in [-0.25, -0.2) is 9.78 Å². The Morgan fingerprint density at radius 3 is 2.38 bits per heavy atom. The van der Waals surface area contributed by atoms with E-state index in [2.05, 4.69) is 25.8 Å². The molecule has 17 heteroatoms. The minimum absolute atomic E-state index is 0.202. The van der Waals surface area contributed by atoms with Crippen molar-refractivity contribution in [1.82, 2.24) is 34.5 Å². The minimum Gasteiger partial charge on any atom is -0.494 e. The number of ether oxygens (including phenoxy) is 1. The van der Waals surface area contributed by atoms with Gasteiger partial charge in [-0.3, -0.25) is 33.5 Å². The number of amides is 3. The zero-order valence-corrected chi connectivity index (χ0v) is 32.3. The lowest BCUT2D eigenvalue weighted by atomic mass is 9.86. The minimum atomic E-state index is -4.67. The molecule has 3 aliphatic rings. The topological polar surface area (TPSA) is 157 Å². The number of carbonyl (C=O) groups is 3. The third-order valence-electron chi connectivity index (χ3n) is 12.0. The van der Waals surface area contributed by atoms with Crippen LogP contribution in [0.1, 0.15) is 79.6 Å². The molecule has 306 valence electrons. The number of aromatic nitrogens is 5. The predicted molar refractivity (Wildman–Crippen MR) is 211 cm³/mol. The van der Waals surface area contributed by atoms with Crippen LogP contribution in [0.3, 0.4) is 0 Å². The summed E-state index contributed by atoms with van der Waals surface area (Å²) in [4.78, 5) is 56.5. The van der Waals surface area contributed by atoms with Gasteiger partial charge in [0.2, 0.25) is 11.8 Å². The van der Waals surface area contributed by atoms with Crippen LogP contribution >= 0.6 is 0 Å². The van der Waals surface area contributed by atoms with Gasteiger partial charge in [-0.2, -0.15) is 18.3 Å². The van der Waals surface area contributed by atoms with Crippen LogP contribution in [0, 0.1) is 11.8 Å². The molecule has 0 bridgehead atoms. The number of pyridine rings is 1. The average Bonchev–Trinajstić information content (AvgIpc) is 3.75. The van der Waals surface area contributed by atoms with E-state index < -0.39 is 29.7 Å². The fourth-order valence-corrected chi connectivity index (χ4v) is 8.82. The van der Waals surface area contributed by atoms with Crippen molar-refractivity contribution in [2.24, 2.45) is 18.9 Å². The van der Waals surface area contributed by atoms with Gasteiger partial charge in [0.1, 0.15) is 23.2 Å². The summed E-state index contributed by atoms with van der Waals surface area (Å²) in [6.07, 6.45) is 3.87. The van der Waals surface area contributed by atoms with E-state index in [0.29, 0.717) is 40.7 Å². The van der Waals surface area contributed by atoms with E-state index >= 15 is 0 Å². The molecular weight excluding hydrogens is 756 g/mol. The van der Waals surface area contributed by atoms with E-state index in [1.807, 2.05) is 29.1 Å². The Morgan fingerprint density at radius 2 is 1.67 bits per heavy atom. The van der Waals surface area contributed by atoms with Crippen molar-refractivity contribution in [1.29, 1.82) is 0 Å². The Balaban J connectivity index is 0.824. The van der Waals surface area contributed by atoms with Gasteiger partial charge in [0.25, 0.3) is 5.91 Å². The van der Waals surface area contributed by atoms with Gasteiger partial charge in [-0.05, 0) is 100 Å². The second-order valence-electron chi connectivity index (χ2n) is 15.7. The number of aryl methyl sites for hydroxylation is 1. The maximum Gasteiger partial charge on any atom is 0.433 e. The van der Waals surface area contributed by atoms with Crippen molar-refractivity contribution < 1.29 is 32.3 Å². The van der Waals surface area contributed by atoms with Crippen LogP contribution in [0.4, 0.5) is 24.5 Å². The molecule has 58 heavy (non-hydrogen) atoms. The molecule has 0 unspecified atom stereocenters. The quantitative estimate of drug-likeness (QED) is 0.154. The molecule has 5 aromatic rings. The van der Waals surface area contributed by atoms with Crippen LogP contribution in [0.2, 0.25) is 0 Å². The highest BCUT2D eigenvalue weighted by atomic mass is 19.4. The van der Waals surface area contributed by atoms with Gasteiger partial charge in [0.05, 0.1) is 41.1 Å². The molecule has 2 saturated heterocycles. The summed E-state index contributed by atoms with van der Waals surface area (Å²) >= 11 is 0. The Bertz CT molecular complexity index is 2420. The molecule has 1 aliphatic carbocycles. The number of hydrogen-bond donors (Lipinski definition) is 3. The van der Waals surface area contributed by atoms with E-state index in [4.69, 9.17) is 9.84 Å². The molecule has 3 amide bonds. The first kappa shape index (κ1) is 39.1. The van der Waals surface area contributed by atoms with Gasteiger partial charge < -0.3 is 20.3 Å². The van der Waals surface area contributed by atoms with E-state index in [-0.39, 0.29) is 29.8 Å². The summed E-state index contributed by atoms with van der Waals surface area (Å²) in [6, 6.07) is 12.0. The third kappa shape index (κ3) is 7.78. The van der Waals surface area contributed by atoms with Crippen molar-refractivity contribution in [3.8, 4) is 5.75 Å². The van der Waals surface area contributed by atoms with Crippen molar-refractivity contribution in [3.05, 3.63) is 76.6 Å². The van der Waals surface area contributed by atoms with Gasteiger partial charge in [0.15, 0.2) is 0 Å². The number of rotatable bonds is 10. The number of methoxy groups -OCH3 is 1. The molecule has 3 N–H and O–H groups in total. The van der Waals surface area contributed by atoms with E-state index in [0.717, 1.165) is 93.4 Å². The number of nitrogens with zero attached hydrogens (tertiary/aromatic N) is 6. The maximum absolute atomic E-state index is 13.4. The van der Waals surface area contributed by atoms with Crippen molar-refractivity contribution in [2.45, 2.75) is 69.6 Å². The van der Waals surface area contributed by atoms with Crippen LogP contribution in [0.15, 0.2) is 59.5 Å². The highest BCUT2D eigenvalue weighted by molar-refractivity contribution is 6.05. The molecule has 1 saturated carbocycles. The Kier molecular flexibility index (Phi) is 10.7. The molecule has 0 radical (unpaired) electrons. The lowest BCUT2D eigenvalue weighted by molar-refractivity contribution is -0.141. The standard InChI is InChI=1S/C41H46F3N9O5/c1-50-37-31(6-4-7-32(37)53(40(50)57)33-13-14-36(54)48-39(33)56)51-17-15-25(16-18-51)22-45-21-24-9-11-27(12-10-24)52-23-26-19-30(34(58-2)20-29(26)49-52)47-38(55)28-5-3-8-35(46-28)41(42,43)44/h3-8,19-20,23-25,27,33,45H,9-18,21-22H2,1-2H3,(H,47,55)(H,48,54,56)/t24?,27?,33-/m0/s1. The van der Waals surface area contributed by atoms with Crippen molar-refractivity contribution in [2.75, 3.05) is 43.5 Å². The molecule has 3 fully saturated rings. The molecule has 2 aliphatic heterocycles. The third-order valence-corrected chi connectivity index (χ3v) is 12.0. The van der Waals surface area contributed by atoms with Gasteiger partial charge >= 0.3 is 11.9 Å². The second-order valence-corrected chi connectivity index (χ2v) is 15.7. The molecule has 14 nitrogen and oxygen atoms in total. The first-order valence-corrected chi connectivity index (χ1v) is 19.8. The highest BCUT2D eigenvalue weighted by Gasteiger charge is 2.34. The number of imide groups is 1. The number of carbonyl (C=O) groups excluding carboxylic acids is 3. The molecule has 5 heterocycles. The van der Waals surface area contributed by atoms with E-state index in [1.54, 1.807) is 23.7 Å². The number of hydrogen-bond acceptors (Lipinski definition) is 9. The fraction of sp³-hybridized carbons (Fsp3) is 0.463. The largest absolute Gasteiger partial charge is 0.494 e. The Morgan fingerprint density at radius 1 is 0.948 bits per heavy atom. The number of nitrogens with one attached hydrogen (secondary N) is 3. The van der Waals surface area contributed by atoms with Crippen molar-refractivity contribution >= 4 is 51.0 Å². The fourth-order valence-electron chi connectivity index (χ4n) is 8.82. The number of fused-ring (bicyclic) bond motifs is 2. The first-order chi connectivity index (χ1) is 27.9. The highest BCUT2D eigenvalue weighted by Crippen LogP contribution is 2.36. The molecule has 1 atom stereocenters. The first-order valence-electron chi connectivity index (χ1n) is 19.8. The predicted octanol–water partition coefficient (Wildman–Crippen LogP) is 5.58. The smallest absolute Gasteiger partial charge is 0.433 e. The van der Waals surface area contributed by atoms with Crippen LogP contribution < -0.4 is 31.3 Å². The number of anilines is 2. The van der Waals surface area contributed by atoms with Gasteiger partial charge in [-0.15, -0.1) is 0 Å². The zero-order valence-electron chi connectivity index (χ0n) is 32.3. The summed E-state index contributed by atoms with van der Waals surface area (Å²) in [6.45, 7) is 3.61. The number of piperidine rings is 2. The van der Waals surface area contributed by atoms with E-state index in [1.165, 1.54) is 17.7 Å². The summed E-state index contributed by atoms with van der Waals surface area (Å²) in [7, 11) is 3.19. The molecule has 8 rings (SSSR count). The second kappa shape index (κ2) is 15.9. The Labute approximate surface area is 331 Å². The van der Waals surface area contributed by atoms with E-state index in [9.17, 15) is 32.3 Å². The molecule has 2 aromatic carbocycles. The van der Waals surface area contributed by atoms with Gasteiger partial charge in [0, 0.05) is 44.2 Å². The Hall–Kier alpha value is -5.71. The molecular formula is C41H46F3N9O5. The van der Waals surface area contributed by atoms with Crippen LogP contribution in [0.25, 0.3) is 21.9 Å². The van der Waals surface area contributed by atoms with Crippen LogP contribution in [-0.2, 0) is 22.8 Å². The zero-order chi connectivity index (χ0) is 40.7. The summed E-state index contributed by atoms with van der Waals surface area (Å²) < 4.78 is 50.1.